The third kappa shape index (κ3) is 5.46. The van der Waals surface area contributed by atoms with Crippen LogP contribution in [0.5, 0.6) is 5.75 Å². The van der Waals surface area contributed by atoms with Crippen LogP contribution in [-0.2, 0) is 4.74 Å². The van der Waals surface area contributed by atoms with Crippen molar-refractivity contribution in [2.75, 3.05) is 44.6 Å². The van der Waals surface area contributed by atoms with Crippen molar-refractivity contribution in [3.05, 3.63) is 54.7 Å². The van der Waals surface area contributed by atoms with E-state index in [1.165, 1.54) is 0 Å². The summed E-state index contributed by atoms with van der Waals surface area (Å²) < 4.78 is 24.5. The van der Waals surface area contributed by atoms with Crippen LogP contribution in [0, 0.1) is 0 Å². The second kappa shape index (κ2) is 10.1. The third-order valence-electron chi connectivity index (χ3n) is 4.08. The van der Waals surface area contributed by atoms with Crippen molar-refractivity contribution in [1.29, 1.82) is 0 Å². The highest BCUT2D eigenvalue weighted by Gasteiger charge is 2.06. The Morgan fingerprint density at radius 1 is 1.00 bits per heavy atom. The summed E-state index contributed by atoms with van der Waals surface area (Å²) in [6.45, 7) is 1.24. The summed E-state index contributed by atoms with van der Waals surface area (Å²) in [5, 5.41) is 8.48. The highest BCUT2D eigenvalue weighted by molar-refractivity contribution is 7.94. The molecule has 1 heterocycles. The number of nitrogens with zero attached hydrogens (tertiary/aromatic N) is 4. The number of hydrogen-bond donors (Lipinski definition) is 0. The number of anilines is 1. The molecular formula is C20H23FN4O2S. The van der Waals surface area contributed by atoms with Gasteiger partial charge in [-0.3, -0.25) is 0 Å². The van der Waals surface area contributed by atoms with Crippen LogP contribution in [0.2, 0.25) is 0 Å². The minimum atomic E-state index is 0.276. The smallest absolute Gasteiger partial charge is 0.119 e. The number of ether oxygens (including phenoxy) is 2. The average Bonchev–Trinajstić information content (AvgIpc) is 3.21. The van der Waals surface area contributed by atoms with Gasteiger partial charge in [0.2, 0.25) is 0 Å². The van der Waals surface area contributed by atoms with Crippen molar-refractivity contribution in [3.8, 4) is 22.7 Å². The second-order valence-electron chi connectivity index (χ2n) is 6.26. The molecule has 8 heteroatoms. The van der Waals surface area contributed by atoms with E-state index in [4.69, 9.17) is 9.47 Å². The van der Waals surface area contributed by atoms with Gasteiger partial charge in [-0.15, -0.1) is 5.10 Å². The Hall–Kier alpha value is -2.58. The molecule has 3 rings (SSSR count). The molecule has 148 valence electrons. The highest BCUT2D eigenvalue weighted by Crippen LogP contribution is 2.22. The van der Waals surface area contributed by atoms with Gasteiger partial charge in [-0.2, -0.15) is 3.89 Å². The van der Waals surface area contributed by atoms with Crippen molar-refractivity contribution in [3.63, 3.8) is 0 Å². The first-order chi connectivity index (χ1) is 13.7. The van der Waals surface area contributed by atoms with Crippen LogP contribution in [0.4, 0.5) is 9.57 Å². The molecule has 0 spiro atoms. The standard InChI is InChI=1S/C20H23FN4O2S/c1-24(2)17-5-3-16(4-6-17)20-15-25(23-22-20)18-7-9-19(10-8-18)27-12-11-26-13-14-28-21/h3-10,15H,11-14H2,1-2H3. The Kier molecular flexibility index (Phi) is 7.27. The molecule has 0 fully saturated rings. The van der Waals surface area contributed by atoms with Crippen molar-refractivity contribution >= 4 is 17.8 Å². The summed E-state index contributed by atoms with van der Waals surface area (Å²) in [7, 11) is 4.02. The first-order valence-corrected chi connectivity index (χ1v) is 9.80. The van der Waals surface area contributed by atoms with Gasteiger partial charge >= 0.3 is 0 Å². The van der Waals surface area contributed by atoms with Crippen LogP contribution in [0.1, 0.15) is 0 Å². The highest BCUT2D eigenvalue weighted by atomic mass is 32.2. The SMILES string of the molecule is CN(C)c1ccc(-c2cn(-c3ccc(OCCOCCSF)cc3)nn2)cc1. The van der Waals surface area contributed by atoms with Gasteiger partial charge in [0.25, 0.3) is 0 Å². The Bertz CT molecular complexity index is 853. The first-order valence-electron chi connectivity index (χ1n) is 8.92. The molecule has 0 N–H and O–H groups in total. The summed E-state index contributed by atoms with van der Waals surface area (Å²) in [5.74, 6) is 1.08. The lowest BCUT2D eigenvalue weighted by Gasteiger charge is -2.11. The van der Waals surface area contributed by atoms with Crippen molar-refractivity contribution in [2.24, 2.45) is 0 Å². The molecule has 0 saturated carbocycles. The van der Waals surface area contributed by atoms with Crippen LogP contribution in [-0.4, -0.2) is 54.7 Å². The normalized spacial score (nSPS) is 10.8. The van der Waals surface area contributed by atoms with E-state index >= 15 is 0 Å². The molecule has 0 atom stereocenters. The van der Waals surface area contributed by atoms with E-state index in [-0.39, 0.29) is 12.1 Å². The molecule has 0 aliphatic carbocycles. The predicted octanol–water partition coefficient (Wildman–Crippen LogP) is 4.01. The molecule has 0 amide bonds. The zero-order valence-corrected chi connectivity index (χ0v) is 16.7. The Balaban J connectivity index is 1.57. The molecule has 6 nitrogen and oxygen atoms in total. The molecule has 1 aromatic heterocycles. The number of aromatic nitrogens is 3. The van der Waals surface area contributed by atoms with Gasteiger partial charge in [0.15, 0.2) is 0 Å². The largest absolute Gasteiger partial charge is 0.491 e. The number of rotatable bonds is 10. The van der Waals surface area contributed by atoms with E-state index in [1.807, 2.05) is 56.7 Å². The van der Waals surface area contributed by atoms with E-state index in [2.05, 4.69) is 27.3 Å². The van der Waals surface area contributed by atoms with Gasteiger partial charge in [-0.25, -0.2) is 4.68 Å². The minimum absolute atomic E-state index is 0.276. The lowest BCUT2D eigenvalue weighted by Crippen LogP contribution is -2.08. The lowest BCUT2D eigenvalue weighted by molar-refractivity contribution is 0.112. The van der Waals surface area contributed by atoms with E-state index in [9.17, 15) is 3.89 Å². The predicted molar refractivity (Wildman–Crippen MR) is 111 cm³/mol. The lowest BCUT2D eigenvalue weighted by atomic mass is 10.1. The fraction of sp³-hybridized carbons (Fsp3) is 0.300. The number of hydrogen-bond acceptors (Lipinski definition) is 6. The molecule has 2 aromatic carbocycles. The quantitative estimate of drug-likeness (QED) is 0.478. The maximum Gasteiger partial charge on any atom is 0.119 e. The Morgan fingerprint density at radius 2 is 1.75 bits per heavy atom. The van der Waals surface area contributed by atoms with Crippen molar-refractivity contribution < 1.29 is 13.4 Å². The van der Waals surface area contributed by atoms with Crippen LogP contribution in [0.25, 0.3) is 16.9 Å². The minimum Gasteiger partial charge on any atom is -0.491 e. The van der Waals surface area contributed by atoms with Crippen LogP contribution < -0.4 is 9.64 Å². The molecule has 28 heavy (non-hydrogen) atoms. The molecule has 3 aromatic rings. The molecule has 0 unspecified atom stereocenters. The maximum absolute atomic E-state index is 11.9. The van der Waals surface area contributed by atoms with Gasteiger partial charge in [-0.05, 0) is 36.4 Å². The molecule has 0 aliphatic rings. The zero-order chi connectivity index (χ0) is 19.8. The maximum atomic E-state index is 11.9. The molecule has 0 radical (unpaired) electrons. The summed E-state index contributed by atoms with van der Waals surface area (Å²) in [6, 6.07) is 15.8. The summed E-state index contributed by atoms with van der Waals surface area (Å²) in [4.78, 5) is 2.06. The summed E-state index contributed by atoms with van der Waals surface area (Å²) in [5.41, 5.74) is 3.86. The molecular weight excluding hydrogens is 379 g/mol. The van der Waals surface area contributed by atoms with Gasteiger partial charge < -0.3 is 14.4 Å². The van der Waals surface area contributed by atoms with Gasteiger partial charge in [0, 0.05) is 43.2 Å². The monoisotopic (exact) mass is 402 g/mol. The van der Waals surface area contributed by atoms with Gasteiger partial charge in [-0.1, -0.05) is 17.3 Å². The van der Waals surface area contributed by atoms with Crippen molar-refractivity contribution in [2.45, 2.75) is 0 Å². The van der Waals surface area contributed by atoms with E-state index in [0.717, 1.165) is 28.4 Å². The summed E-state index contributed by atoms with van der Waals surface area (Å²) in [6.07, 6.45) is 1.90. The van der Waals surface area contributed by atoms with E-state index < -0.39 is 0 Å². The van der Waals surface area contributed by atoms with Crippen molar-refractivity contribution in [1.82, 2.24) is 15.0 Å². The van der Waals surface area contributed by atoms with E-state index in [1.54, 1.807) is 4.68 Å². The third-order valence-corrected chi connectivity index (χ3v) is 4.40. The molecule has 0 aliphatic heterocycles. The number of halogens is 1. The Morgan fingerprint density at radius 3 is 2.43 bits per heavy atom. The summed E-state index contributed by atoms with van der Waals surface area (Å²) >= 11 is 0.276. The van der Waals surface area contributed by atoms with Crippen LogP contribution in [0.3, 0.4) is 0 Å². The molecule has 0 saturated heterocycles. The Labute approximate surface area is 168 Å². The topological polar surface area (TPSA) is 52.4 Å². The average molecular weight is 402 g/mol. The van der Waals surface area contributed by atoms with Gasteiger partial charge in [0.05, 0.1) is 25.1 Å². The number of benzene rings is 2. The zero-order valence-electron chi connectivity index (χ0n) is 15.9. The molecule has 0 bridgehead atoms. The first kappa shape index (κ1) is 20.2. The van der Waals surface area contributed by atoms with Crippen LogP contribution in [0.15, 0.2) is 54.7 Å². The fourth-order valence-corrected chi connectivity index (χ4v) is 2.74. The second-order valence-corrected chi connectivity index (χ2v) is 6.88. The van der Waals surface area contributed by atoms with Crippen LogP contribution >= 0.6 is 12.1 Å². The fourth-order valence-electron chi connectivity index (χ4n) is 2.56. The van der Waals surface area contributed by atoms with E-state index in [0.29, 0.717) is 25.6 Å². The van der Waals surface area contributed by atoms with Gasteiger partial charge in [0.1, 0.15) is 18.1 Å².